The molecule has 0 atom stereocenters. The molecule has 0 aliphatic heterocycles. The average Bonchev–Trinajstić information content (AvgIpc) is 1.28. The van der Waals surface area contributed by atoms with E-state index in [-0.39, 0.29) is 0 Å². The Morgan fingerprint density at radius 1 is 0.144 bits per heavy atom. The second-order valence-corrected chi connectivity index (χ2v) is 36.2. The zero-order valence-corrected chi connectivity index (χ0v) is 76.0. The lowest BCUT2D eigenvalue weighted by Crippen LogP contribution is -2.10. The van der Waals surface area contributed by atoms with Gasteiger partial charge in [-0.2, -0.15) is 0 Å². The van der Waals surface area contributed by atoms with Crippen molar-refractivity contribution in [3.63, 3.8) is 0 Å². The van der Waals surface area contributed by atoms with Crippen LogP contribution < -0.4 is 9.80 Å². The number of hydrogen-bond donors (Lipinski definition) is 0. The van der Waals surface area contributed by atoms with Crippen molar-refractivity contribution < 1.29 is 4.42 Å². The first-order valence-electron chi connectivity index (χ1n) is 47.7. The minimum absolute atomic E-state index is 0.910. The summed E-state index contributed by atoms with van der Waals surface area (Å²) in [6, 6.07) is 194. The van der Waals surface area contributed by atoms with E-state index in [9.17, 15) is 0 Å². The summed E-state index contributed by atoms with van der Waals surface area (Å²) in [5, 5.41) is 20.0. The van der Waals surface area contributed by atoms with Crippen LogP contribution in [0.15, 0.2) is 538 Å². The quantitative estimate of drug-likeness (QED) is 0.0903. The first-order valence-corrected chi connectivity index (χ1v) is 47.7. The molecule has 0 saturated carbocycles. The molecule has 0 unspecified atom stereocenters. The first-order chi connectivity index (χ1) is 68.9. The van der Waals surface area contributed by atoms with Gasteiger partial charge in [-0.25, -0.2) is 0 Å². The second-order valence-electron chi connectivity index (χ2n) is 36.2. The Hall–Kier alpha value is -18.4. The number of furan rings is 1. The Morgan fingerprint density at radius 3 is 0.863 bits per heavy atom. The van der Waals surface area contributed by atoms with Crippen molar-refractivity contribution in [3.8, 4) is 100 Å². The van der Waals surface area contributed by atoms with Crippen LogP contribution in [0.2, 0.25) is 0 Å². The fourth-order valence-corrected chi connectivity index (χ4v) is 21.4. The highest BCUT2D eigenvalue weighted by molar-refractivity contribution is 6.26. The highest BCUT2D eigenvalue weighted by atomic mass is 16.3. The van der Waals surface area contributed by atoms with E-state index in [2.05, 4.69) is 541 Å². The number of nitrogens with zero attached hydrogens (tertiary/aromatic N) is 4. The van der Waals surface area contributed by atoms with Crippen molar-refractivity contribution in [2.75, 3.05) is 9.80 Å². The first kappa shape index (κ1) is 81.4. The SMILES string of the molecule is c1cc(N(c2ccc(-c3ccc(-c4ccc5ccccc5c4)cc3)cc2)c2ccc(-c3ccc(-c4ccc5c6ccccc6c6ccccc6c5c4)cc3)cc2)cc(-n2c3ccccc3c3ccccc32)c1.c1cc(N(c2ccc(-c3ccc(-c4cccc5ccccc45)cc3)cc2)c2ccc(-c3ccc(-c4cccc5c4oc4ccccc45)cc3)cc2)cc(-n2c3ccccc3c3ccccc32)c1. The molecule has 3 heterocycles. The van der Waals surface area contributed by atoms with Crippen LogP contribution in [-0.4, -0.2) is 9.13 Å². The summed E-state index contributed by atoms with van der Waals surface area (Å²) in [7, 11) is 0. The van der Waals surface area contributed by atoms with E-state index < -0.39 is 0 Å². The van der Waals surface area contributed by atoms with Crippen LogP contribution in [0.1, 0.15) is 0 Å². The lowest BCUT2D eigenvalue weighted by molar-refractivity contribution is 0.670. The molecule has 3 aromatic heterocycles. The van der Waals surface area contributed by atoms with E-state index >= 15 is 0 Å². The Balaban J connectivity index is 0.000000144. The van der Waals surface area contributed by atoms with Crippen LogP contribution in [0.4, 0.5) is 34.1 Å². The molecule has 0 radical (unpaired) electrons. The molecule has 0 saturated heterocycles. The lowest BCUT2D eigenvalue weighted by Gasteiger charge is -2.26. The number of fused-ring (bicyclic) bond motifs is 17. The number of para-hydroxylation sites is 6. The van der Waals surface area contributed by atoms with Gasteiger partial charge in [0.25, 0.3) is 0 Å². The molecular weight excluding hydrogens is 1680 g/mol. The highest BCUT2D eigenvalue weighted by Gasteiger charge is 2.23. The van der Waals surface area contributed by atoms with Crippen LogP contribution in [-0.2, 0) is 0 Å². The minimum atomic E-state index is 0.910. The lowest BCUT2D eigenvalue weighted by atomic mass is 9.92. The molecule has 0 bridgehead atoms. The molecule has 0 spiro atoms. The van der Waals surface area contributed by atoms with Gasteiger partial charge >= 0.3 is 0 Å². The molecule has 5 heteroatoms. The third kappa shape index (κ3) is 14.8. The number of benzene rings is 24. The van der Waals surface area contributed by atoms with E-state index in [0.717, 1.165) is 89.7 Å². The van der Waals surface area contributed by atoms with Gasteiger partial charge in [0.05, 0.1) is 22.1 Å². The van der Waals surface area contributed by atoms with Crippen LogP contribution in [0.5, 0.6) is 0 Å². The predicted octanol–water partition coefficient (Wildman–Crippen LogP) is 37.5. The van der Waals surface area contributed by atoms with E-state index in [4.69, 9.17) is 4.42 Å². The summed E-state index contributed by atoms with van der Waals surface area (Å²) in [4.78, 5) is 4.75. The van der Waals surface area contributed by atoms with Gasteiger partial charge < -0.3 is 23.4 Å². The van der Waals surface area contributed by atoms with Gasteiger partial charge in [-0.1, -0.05) is 406 Å². The zero-order valence-electron chi connectivity index (χ0n) is 76.0. The summed E-state index contributed by atoms with van der Waals surface area (Å²) in [6.45, 7) is 0. The van der Waals surface area contributed by atoms with E-state index in [0.29, 0.717) is 0 Å². The van der Waals surface area contributed by atoms with Gasteiger partial charge in [0.15, 0.2) is 0 Å². The number of hydrogen-bond acceptors (Lipinski definition) is 3. The molecule has 650 valence electrons. The maximum Gasteiger partial charge on any atom is 0.143 e. The summed E-state index contributed by atoms with van der Waals surface area (Å²) < 4.78 is 11.2. The monoisotopic (exact) mass is 1770 g/mol. The average molecular weight is 1770 g/mol. The minimum Gasteiger partial charge on any atom is -0.455 e. The van der Waals surface area contributed by atoms with Crippen LogP contribution in [0, 0.1) is 0 Å². The maximum absolute atomic E-state index is 6.38. The molecular formula is C134H88N4O. The van der Waals surface area contributed by atoms with Gasteiger partial charge in [0.1, 0.15) is 11.2 Å². The standard InChI is InChI=1S/C70H46N2.C64H42N2O/c1-2-13-54-44-55(33-32-47(54)12-1)52-28-24-48(25-29-52)50-34-39-57(40-35-50)71(59-14-11-15-60(46-59)72-69-22-9-7-20-66(69)67-21-8-10-23-70(67)72)58-41-36-51(37-42-58)49-26-30-53(31-27-49)56-38-43-65-63-18-4-3-16-61(63)62-17-5-6-19-64(62)68(65)45-56;1-2-16-54-47(12-1)13-9-20-55(54)48-30-26-43(27-31-48)45-34-38-50(39-35-45)65(52-14-10-15-53(42-52)66-61-23-6-3-17-57(61)58-18-4-7-24-62(58)66)51-40-36-46(37-41-51)44-28-32-49(33-29-44)56-21-11-22-60-59-19-5-8-25-63(59)67-64(56)60/h1-46H;1-42H. The predicted molar refractivity (Wildman–Crippen MR) is 589 cm³/mol. The van der Waals surface area contributed by atoms with Gasteiger partial charge in [-0.05, 0) is 265 Å². The van der Waals surface area contributed by atoms with E-state index in [1.165, 1.54) is 164 Å². The third-order valence-electron chi connectivity index (χ3n) is 28.2. The molecule has 0 aliphatic carbocycles. The number of aromatic nitrogens is 2. The molecule has 0 aliphatic rings. The van der Waals surface area contributed by atoms with Crippen LogP contribution >= 0.6 is 0 Å². The Bertz CT molecular complexity index is 9250. The largest absolute Gasteiger partial charge is 0.455 e. The molecule has 139 heavy (non-hydrogen) atoms. The third-order valence-corrected chi connectivity index (χ3v) is 28.2. The molecule has 0 N–H and O–H groups in total. The van der Waals surface area contributed by atoms with Crippen molar-refractivity contribution >= 4 is 154 Å². The van der Waals surface area contributed by atoms with Crippen LogP contribution in [0.3, 0.4) is 0 Å². The summed E-state index contributed by atoms with van der Waals surface area (Å²) >= 11 is 0. The summed E-state index contributed by atoms with van der Waals surface area (Å²) in [6.07, 6.45) is 0. The second kappa shape index (κ2) is 34.6. The Morgan fingerprint density at radius 2 is 0.424 bits per heavy atom. The van der Waals surface area contributed by atoms with Crippen molar-refractivity contribution in [2.45, 2.75) is 0 Å². The van der Waals surface area contributed by atoms with Gasteiger partial charge in [-0.15, -0.1) is 0 Å². The Kier molecular flexibility index (Phi) is 20.2. The smallest absolute Gasteiger partial charge is 0.143 e. The highest BCUT2D eigenvalue weighted by Crippen LogP contribution is 2.47. The van der Waals surface area contributed by atoms with Crippen molar-refractivity contribution in [2.24, 2.45) is 0 Å². The van der Waals surface area contributed by atoms with Crippen LogP contribution in [0.25, 0.3) is 220 Å². The summed E-state index contributed by atoms with van der Waals surface area (Å²) in [5.41, 5.74) is 34.2. The normalized spacial score (nSPS) is 11.6. The topological polar surface area (TPSA) is 29.5 Å². The van der Waals surface area contributed by atoms with Gasteiger partial charge in [0.2, 0.25) is 0 Å². The van der Waals surface area contributed by atoms with Gasteiger partial charge in [-0.3, -0.25) is 0 Å². The van der Waals surface area contributed by atoms with Crippen molar-refractivity contribution in [1.82, 2.24) is 9.13 Å². The van der Waals surface area contributed by atoms with Crippen molar-refractivity contribution in [3.05, 3.63) is 534 Å². The summed E-state index contributed by atoms with van der Waals surface area (Å²) in [5.74, 6) is 0. The molecule has 27 aromatic rings. The van der Waals surface area contributed by atoms with Crippen molar-refractivity contribution in [1.29, 1.82) is 0 Å². The fourth-order valence-electron chi connectivity index (χ4n) is 21.4. The van der Waals surface area contributed by atoms with Gasteiger partial charge in [0, 0.05) is 83.4 Å². The Labute approximate surface area is 805 Å². The van der Waals surface area contributed by atoms with E-state index in [1.807, 2.05) is 12.1 Å². The molecule has 0 amide bonds. The van der Waals surface area contributed by atoms with E-state index in [1.54, 1.807) is 0 Å². The number of anilines is 6. The zero-order chi connectivity index (χ0) is 91.8. The molecule has 24 aromatic carbocycles. The number of rotatable bonds is 16. The molecule has 27 rings (SSSR count). The maximum atomic E-state index is 6.38. The molecule has 0 fully saturated rings. The fraction of sp³-hybridized carbons (Fsp3) is 0. The molecule has 5 nitrogen and oxygen atoms in total.